The molecule has 1 heterocycles. The monoisotopic (exact) mass is 370 g/mol. The van der Waals surface area contributed by atoms with Crippen LogP contribution in [0.1, 0.15) is 22.2 Å². The summed E-state index contributed by atoms with van der Waals surface area (Å²) in [4.78, 5) is 27.0. The fourth-order valence-corrected chi connectivity index (χ4v) is 3.63. The van der Waals surface area contributed by atoms with Gasteiger partial charge in [-0.2, -0.15) is 0 Å². The molecule has 0 spiro atoms. The van der Waals surface area contributed by atoms with Crippen molar-refractivity contribution in [2.45, 2.75) is 13.5 Å². The molecule has 1 aromatic heterocycles. The topological polar surface area (TPSA) is 49.4 Å². The molecule has 3 rings (SSSR count). The molecule has 0 atom stereocenters. The van der Waals surface area contributed by atoms with Crippen molar-refractivity contribution >= 4 is 33.2 Å². The molecule has 1 N–H and O–H groups in total. The Kier molecular flexibility index (Phi) is 5.63. The van der Waals surface area contributed by atoms with Crippen LogP contribution in [0.2, 0.25) is 0 Å². The largest absolute Gasteiger partial charge is 0.350 e. The van der Waals surface area contributed by atoms with E-state index in [1.807, 2.05) is 37.3 Å². The Bertz CT molecular complexity index is 888. The van der Waals surface area contributed by atoms with Crippen molar-refractivity contribution in [3.8, 4) is 0 Å². The minimum absolute atomic E-state index is 0.00915. The number of carbonyl (C=O) groups is 2. The van der Waals surface area contributed by atoms with Gasteiger partial charge < -0.3 is 10.2 Å². The van der Waals surface area contributed by atoms with Crippen LogP contribution in [0.3, 0.4) is 0 Å². The summed E-state index contributed by atoms with van der Waals surface area (Å²) in [6.45, 7) is 2.58. The van der Waals surface area contributed by atoms with Crippen LogP contribution in [0, 0.1) is 5.82 Å². The fourth-order valence-electron chi connectivity index (χ4n) is 2.60. The summed E-state index contributed by atoms with van der Waals surface area (Å²) in [5.41, 5.74) is 0.804. The van der Waals surface area contributed by atoms with E-state index >= 15 is 0 Å². The Morgan fingerprint density at radius 3 is 2.54 bits per heavy atom. The standard InChI is InChI=1S/C20H19FN2O2S/c1-2-23(13-19(24)22-12-14-7-9-16(21)10-8-14)20(25)18-11-15-5-3-4-6-17(15)26-18/h3-11H,2,12-13H2,1H3,(H,22,24). The van der Waals surface area contributed by atoms with E-state index in [0.717, 1.165) is 15.6 Å². The highest BCUT2D eigenvalue weighted by Gasteiger charge is 2.19. The molecule has 3 aromatic rings. The van der Waals surface area contributed by atoms with Crippen molar-refractivity contribution in [3.05, 3.63) is 70.9 Å². The quantitative estimate of drug-likeness (QED) is 0.717. The molecule has 2 aromatic carbocycles. The molecule has 0 aliphatic carbocycles. The zero-order chi connectivity index (χ0) is 18.5. The van der Waals surface area contributed by atoms with Crippen LogP contribution in [0.25, 0.3) is 10.1 Å². The number of hydrogen-bond donors (Lipinski definition) is 1. The van der Waals surface area contributed by atoms with Gasteiger partial charge in [-0.1, -0.05) is 30.3 Å². The first kappa shape index (κ1) is 18.1. The average molecular weight is 370 g/mol. The van der Waals surface area contributed by atoms with Crippen molar-refractivity contribution in [1.82, 2.24) is 10.2 Å². The summed E-state index contributed by atoms with van der Waals surface area (Å²) in [5, 5.41) is 3.79. The SMILES string of the molecule is CCN(CC(=O)NCc1ccc(F)cc1)C(=O)c1cc2ccccc2s1. The Labute approximate surface area is 155 Å². The maximum atomic E-state index is 12.9. The highest BCUT2D eigenvalue weighted by Crippen LogP contribution is 2.26. The Hall–Kier alpha value is -2.73. The number of rotatable bonds is 6. The number of hydrogen-bond acceptors (Lipinski definition) is 3. The summed E-state index contributed by atoms with van der Waals surface area (Å²) in [6, 6.07) is 15.6. The van der Waals surface area contributed by atoms with Gasteiger partial charge in [0, 0.05) is 17.8 Å². The van der Waals surface area contributed by atoms with Crippen molar-refractivity contribution in [3.63, 3.8) is 0 Å². The van der Waals surface area contributed by atoms with Crippen LogP contribution in [0.15, 0.2) is 54.6 Å². The first-order chi connectivity index (χ1) is 12.6. The van der Waals surface area contributed by atoms with E-state index in [-0.39, 0.29) is 24.2 Å². The van der Waals surface area contributed by atoms with Crippen molar-refractivity contribution in [2.24, 2.45) is 0 Å². The molecule has 0 radical (unpaired) electrons. The van der Waals surface area contributed by atoms with Gasteiger partial charge in [-0.15, -0.1) is 11.3 Å². The third-order valence-electron chi connectivity index (χ3n) is 4.04. The van der Waals surface area contributed by atoms with E-state index in [1.165, 1.54) is 28.4 Å². The van der Waals surface area contributed by atoms with E-state index < -0.39 is 0 Å². The van der Waals surface area contributed by atoms with Crippen molar-refractivity contribution < 1.29 is 14.0 Å². The molecule has 0 saturated heterocycles. The van der Waals surface area contributed by atoms with Gasteiger partial charge in [0.1, 0.15) is 5.82 Å². The highest BCUT2D eigenvalue weighted by atomic mass is 32.1. The first-order valence-electron chi connectivity index (χ1n) is 8.36. The summed E-state index contributed by atoms with van der Waals surface area (Å²) < 4.78 is 13.9. The number of carbonyl (C=O) groups excluding carboxylic acids is 2. The van der Waals surface area contributed by atoms with Gasteiger partial charge in [-0.05, 0) is 42.1 Å². The number of likely N-dealkylation sites (N-methyl/N-ethyl adjacent to an activating group) is 1. The van der Waals surface area contributed by atoms with Crippen LogP contribution in [-0.2, 0) is 11.3 Å². The summed E-state index contributed by atoms with van der Waals surface area (Å²) >= 11 is 1.43. The van der Waals surface area contributed by atoms with Gasteiger partial charge >= 0.3 is 0 Å². The predicted molar refractivity (Wildman–Crippen MR) is 102 cm³/mol. The average Bonchev–Trinajstić information content (AvgIpc) is 3.09. The molecule has 0 unspecified atom stereocenters. The number of fused-ring (bicyclic) bond motifs is 1. The third-order valence-corrected chi connectivity index (χ3v) is 5.15. The number of nitrogens with one attached hydrogen (secondary N) is 1. The predicted octanol–water partition coefficient (Wildman–Crippen LogP) is 3.82. The van der Waals surface area contributed by atoms with Gasteiger partial charge in [-0.3, -0.25) is 9.59 Å². The maximum absolute atomic E-state index is 12.9. The Morgan fingerprint density at radius 2 is 1.85 bits per heavy atom. The molecule has 0 fully saturated rings. The third kappa shape index (κ3) is 4.26. The van der Waals surface area contributed by atoms with Gasteiger partial charge in [0.15, 0.2) is 0 Å². The molecule has 0 aliphatic heterocycles. The first-order valence-corrected chi connectivity index (χ1v) is 9.17. The molecule has 6 heteroatoms. The number of amides is 2. The molecule has 0 saturated carbocycles. The van der Waals surface area contributed by atoms with Crippen molar-refractivity contribution in [2.75, 3.05) is 13.1 Å². The zero-order valence-electron chi connectivity index (χ0n) is 14.4. The number of nitrogens with zero attached hydrogens (tertiary/aromatic N) is 1. The second-order valence-corrected chi connectivity index (χ2v) is 6.95. The van der Waals surface area contributed by atoms with E-state index in [2.05, 4.69) is 5.32 Å². The van der Waals surface area contributed by atoms with Crippen LogP contribution >= 0.6 is 11.3 Å². The minimum atomic E-state index is -0.314. The molecular weight excluding hydrogens is 351 g/mol. The molecule has 0 bridgehead atoms. The Morgan fingerprint density at radius 1 is 1.12 bits per heavy atom. The van der Waals surface area contributed by atoms with E-state index in [9.17, 15) is 14.0 Å². The molecule has 134 valence electrons. The minimum Gasteiger partial charge on any atom is -0.350 e. The van der Waals surface area contributed by atoms with Gasteiger partial charge in [0.25, 0.3) is 5.91 Å². The second-order valence-electron chi connectivity index (χ2n) is 5.87. The van der Waals surface area contributed by atoms with Crippen LogP contribution in [0.5, 0.6) is 0 Å². The lowest BCUT2D eigenvalue weighted by molar-refractivity contribution is -0.121. The number of halogens is 1. The van der Waals surface area contributed by atoms with Gasteiger partial charge in [0.05, 0.1) is 11.4 Å². The lowest BCUT2D eigenvalue weighted by Crippen LogP contribution is -2.40. The van der Waals surface area contributed by atoms with E-state index in [0.29, 0.717) is 18.0 Å². The van der Waals surface area contributed by atoms with Gasteiger partial charge in [0.2, 0.25) is 5.91 Å². The zero-order valence-corrected chi connectivity index (χ0v) is 15.2. The van der Waals surface area contributed by atoms with E-state index in [1.54, 1.807) is 12.1 Å². The van der Waals surface area contributed by atoms with Gasteiger partial charge in [-0.25, -0.2) is 4.39 Å². The normalized spacial score (nSPS) is 10.7. The second kappa shape index (κ2) is 8.10. The van der Waals surface area contributed by atoms with Crippen LogP contribution in [0.4, 0.5) is 4.39 Å². The van der Waals surface area contributed by atoms with Crippen molar-refractivity contribution in [1.29, 1.82) is 0 Å². The van der Waals surface area contributed by atoms with Crippen LogP contribution < -0.4 is 5.32 Å². The highest BCUT2D eigenvalue weighted by molar-refractivity contribution is 7.20. The summed E-state index contributed by atoms with van der Waals surface area (Å²) in [6.07, 6.45) is 0. The molecule has 4 nitrogen and oxygen atoms in total. The lowest BCUT2D eigenvalue weighted by atomic mass is 10.2. The lowest BCUT2D eigenvalue weighted by Gasteiger charge is -2.19. The van der Waals surface area contributed by atoms with E-state index in [4.69, 9.17) is 0 Å². The molecule has 26 heavy (non-hydrogen) atoms. The summed E-state index contributed by atoms with van der Waals surface area (Å²) in [5.74, 6) is -0.706. The Balaban J connectivity index is 1.61. The summed E-state index contributed by atoms with van der Waals surface area (Å²) in [7, 11) is 0. The molecule has 0 aliphatic rings. The van der Waals surface area contributed by atoms with Crippen LogP contribution in [-0.4, -0.2) is 29.8 Å². The number of thiophene rings is 1. The smallest absolute Gasteiger partial charge is 0.264 e. The fraction of sp³-hybridized carbons (Fsp3) is 0.200. The molecule has 2 amide bonds. The maximum Gasteiger partial charge on any atom is 0.264 e. The molecular formula is C20H19FN2O2S. The number of benzene rings is 2.